The van der Waals surface area contributed by atoms with Gasteiger partial charge in [0.15, 0.2) is 0 Å². The zero-order valence-electron chi connectivity index (χ0n) is 17.9. The first-order valence-corrected chi connectivity index (χ1v) is 10.3. The Hall–Kier alpha value is -2.82. The Labute approximate surface area is 173 Å². The molecular formula is C24H31N3O2. The van der Waals surface area contributed by atoms with Crippen molar-refractivity contribution >= 4 is 28.9 Å². The molecule has 1 saturated heterocycles. The normalized spacial score (nSPS) is 14.6. The Kier molecular flexibility index (Phi) is 6.57. The van der Waals surface area contributed by atoms with E-state index in [0.29, 0.717) is 0 Å². The van der Waals surface area contributed by atoms with Crippen LogP contribution in [-0.2, 0) is 9.59 Å². The topological polar surface area (TPSA) is 52.7 Å². The zero-order valence-corrected chi connectivity index (χ0v) is 17.9. The number of para-hydroxylation sites is 1. The van der Waals surface area contributed by atoms with Gasteiger partial charge in [0.25, 0.3) is 0 Å². The minimum absolute atomic E-state index is 0.0102. The highest BCUT2D eigenvalue weighted by Gasteiger charge is 2.19. The fourth-order valence-corrected chi connectivity index (χ4v) is 3.83. The van der Waals surface area contributed by atoms with Gasteiger partial charge in [0.2, 0.25) is 11.8 Å². The van der Waals surface area contributed by atoms with E-state index in [-0.39, 0.29) is 18.4 Å². The van der Waals surface area contributed by atoms with E-state index < -0.39 is 0 Å². The second-order valence-electron chi connectivity index (χ2n) is 8.11. The van der Waals surface area contributed by atoms with Crippen LogP contribution in [0.2, 0.25) is 0 Å². The summed E-state index contributed by atoms with van der Waals surface area (Å²) in [5.74, 6) is 0.432. The van der Waals surface area contributed by atoms with E-state index in [9.17, 15) is 9.59 Å². The molecular weight excluding hydrogens is 362 g/mol. The molecule has 1 fully saturated rings. The highest BCUT2D eigenvalue weighted by molar-refractivity contribution is 6.02. The lowest BCUT2D eigenvalue weighted by Crippen LogP contribution is -2.37. The molecule has 0 aromatic heterocycles. The lowest BCUT2D eigenvalue weighted by atomic mass is 9.99. The van der Waals surface area contributed by atoms with Crippen LogP contribution in [0.4, 0.5) is 17.1 Å². The van der Waals surface area contributed by atoms with Crippen molar-refractivity contribution in [3.05, 3.63) is 53.6 Å². The number of nitrogens with zero attached hydrogens (tertiary/aromatic N) is 2. The van der Waals surface area contributed by atoms with E-state index in [1.54, 1.807) is 0 Å². The first-order valence-electron chi connectivity index (χ1n) is 10.3. The van der Waals surface area contributed by atoms with Crippen molar-refractivity contribution in [1.82, 2.24) is 0 Å². The molecule has 0 aliphatic carbocycles. The lowest BCUT2D eigenvalue weighted by molar-refractivity contribution is -0.120. The summed E-state index contributed by atoms with van der Waals surface area (Å²) in [5, 5.41) is 2.96. The average Bonchev–Trinajstić information content (AvgIpc) is 2.70. The number of amides is 2. The Balaban J connectivity index is 1.69. The zero-order chi connectivity index (χ0) is 21.0. The van der Waals surface area contributed by atoms with Gasteiger partial charge in [0.05, 0.1) is 0 Å². The van der Waals surface area contributed by atoms with Gasteiger partial charge in [-0.2, -0.15) is 0 Å². The van der Waals surface area contributed by atoms with Gasteiger partial charge in [-0.15, -0.1) is 0 Å². The molecule has 0 spiro atoms. The molecule has 2 aromatic rings. The van der Waals surface area contributed by atoms with E-state index in [4.69, 9.17) is 0 Å². The predicted molar refractivity (Wildman–Crippen MR) is 120 cm³/mol. The Morgan fingerprint density at radius 2 is 1.62 bits per heavy atom. The average molecular weight is 394 g/mol. The third kappa shape index (κ3) is 5.17. The summed E-state index contributed by atoms with van der Waals surface area (Å²) in [6.07, 6.45) is 2.42. The molecule has 0 unspecified atom stereocenters. The monoisotopic (exact) mass is 393 g/mol. The van der Waals surface area contributed by atoms with Crippen LogP contribution in [0.3, 0.4) is 0 Å². The fourth-order valence-electron chi connectivity index (χ4n) is 3.83. The van der Waals surface area contributed by atoms with Crippen LogP contribution in [0.25, 0.3) is 0 Å². The molecule has 1 N–H and O–H groups in total. The van der Waals surface area contributed by atoms with Crippen molar-refractivity contribution in [1.29, 1.82) is 0 Å². The summed E-state index contributed by atoms with van der Waals surface area (Å²) in [4.78, 5) is 28.8. The van der Waals surface area contributed by atoms with Gasteiger partial charge in [-0.25, -0.2) is 0 Å². The molecule has 29 heavy (non-hydrogen) atoms. The molecule has 5 nitrogen and oxygen atoms in total. The molecule has 5 heteroatoms. The Bertz CT molecular complexity index is 848. The van der Waals surface area contributed by atoms with Crippen LogP contribution >= 0.6 is 0 Å². The van der Waals surface area contributed by atoms with Crippen molar-refractivity contribution in [3.63, 3.8) is 0 Å². The highest BCUT2D eigenvalue weighted by atomic mass is 16.2. The number of aryl methyl sites for hydroxylation is 2. The van der Waals surface area contributed by atoms with E-state index in [1.807, 2.05) is 56.3 Å². The number of nitrogens with one attached hydrogen (secondary N) is 1. The highest BCUT2D eigenvalue weighted by Crippen LogP contribution is 2.26. The number of hydrogen-bond acceptors (Lipinski definition) is 3. The largest absolute Gasteiger partial charge is 0.372 e. The summed E-state index contributed by atoms with van der Waals surface area (Å²) in [7, 11) is 0. The van der Waals surface area contributed by atoms with Gasteiger partial charge >= 0.3 is 0 Å². The first-order chi connectivity index (χ1) is 13.8. The maximum absolute atomic E-state index is 12.6. The molecule has 154 valence electrons. The van der Waals surface area contributed by atoms with Gasteiger partial charge in [-0.05, 0) is 68.0 Å². The van der Waals surface area contributed by atoms with Crippen molar-refractivity contribution in [3.8, 4) is 0 Å². The summed E-state index contributed by atoms with van der Waals surface area (Å²) >= 11 is 0. The molecule has 2 aromatic carbocycles. The van der Waals surface area contributed by atoms with Crippen molar-refractivity contribution in [2.45, 2.75) is 40.5 Å². The van der Waals surface area contributed by atoms with E-state index in [1.165, 1.54) is 30.4 Å². The SMILES string of the molecule is CC(=O)N(CC(=O)Nc1c(C)cccc1C)c1ccc(N2CCC(C)CC2)cc1. The van der Waals surface area contributed by atoms with Crippen LogP contribution in [0.15, 0.2) is 42.5 Å². The van der Waals surface area contributed by atoms with Crippen molar-refractivity contribution in [2.75, 3.05) is 34.8 Å². The molecule has 3 rings (SSSR count). The van der Waals surface area contributed by atoms with E-state index in [0.717, 1.165) is 41.5 Å². The standard InChI is InChI=1S/C24H31N3O2/c1-17-12-14-26(15-13-17)21-8-10-22(11-9-21)27(20(4)28)16-23(29)25-24-18(2)6-5-7-19(24)3/h5-11,17H,12-16H2,1-4H3,(H,25,29). The number of carbonyl (C=O) groups is 2. The summed E-state index contributed by atoms with van der Waals surface area (Å²) in [6.45, 7) is 9.84. The second-order valence-corrected chi connectivity index (χ2v) is 8.11. The van der Waals surface area contributed by atoms with E-state index >= 15 is 0 Å². The number of carbonyl (C=O) groups excluding carboxylic acids is 2. The van der Waals surface area contributed by atoms with Gasteiger partial charge < -0.3 is 15.1 Å². The molecule has 2 amide bonds. The number of piperidine rings is 1. The quantitative estimate of drug-likeness (QED) is 0.812. The van der Waals surface area contributed by atoms with Crippen molar-refractivity contribution in [2.24, 2.45) is 5.92 Å². The van der Waals surface area contributed by atoms with Crippen LogP contribution in [0.1, 0.15) is 37.8 Å². The summed E-state index contributed by atoms with van der Waals surface area (Å²) in [6, 6.07) is 13.8. The van der Waals surface area contributed by atoms with Gasteiger partial charge in [-0.1, -0.05) is 25.1 Å². The Morgan fingerprint density at radius 1 is 1.03 bits per heavy atom. The van der Waals surface area contributed by atoms with Crippen LogP contribution in [0.5, 0.6) is 0 Å². The third-order valence-electron chi connectivity index (χ3n) is 5.74. The molecule has 0 radical (unpaired) electrons. The van der Waals surface area contributed by atoms with Crippen LogP contribution in [-0.4, -0.2) is 31.4 Å². The molecule has 1 aliphatic rings. The summed E-state index contributed by atoms with van der Waals surface area (Å²) in [5.41, 5.74) is 4.74. The molecule has 0 atom stereocenters. The lowest BCUT2D eigenvalue weighted by Gasteiger charge is -2.32. The van der Waals surface area contributed by atoms with Gasteiger partial charge in [0, 0.05) is 37.1 Å². The van der Waals surface area contributed by atoms with Crippen LogP contribution < -0.4 is 15.1 Å². The second kappa shape index (κ2) is 9.12. The third-order valence-corrected chi connectivity index (χ3v) is 5.74. The predicted octanol–water partition coefficient (Wildman–Crippen LogP) is 4.53. The number of anilines is 3. The first kappa shape index (κ1) is 20.9. The van der Waals surface area contributed by atoms with Crippen LogP contribution in [0, 0.1) is 19.8 Å². The number of hydrogen-bond donors (Lipinski definition) is 1. The smallest absolute Gasteiger partial charge is 0.244 e. The minimum atomic E-state index is -0.202. The van der Waals surface area contributed by atoms with Gasteiger partial charge in [0.1, 0.15) is 6.54 Å². The maximum Gasteiger partial charge on any atom is 0.244 e. The molecule has 0 bridgehead atoms. The molecule has 1 heterocycles. The summed E-state index contributed by atoms with van der Waals surface area (Å²) < 4.78 is 0. The van der Waals surface area contributed by atoms with Crippen molar-refractivity contribution < 1.29 is 9.59 Å². The van der Waals surface area contributed by atoms with E-state index in [2.05, 4.69) is 17.1 Å². The molecule has 1 aliphatic heterocycles. The minimum Gasteiger partial charge on any atom is -0.372 e. The number of benzene rings is 2. The number of rotatable bonds is 5. The maximum atomic E-state index is 12.6. The molecule has 0 saturated carbocycles. The van der Waals surface area contributed by atoms with Gasteiger partial charge in [-0.3, -0.25) is 9.59 Å². The fraction of sp³-hybridized carbons (Fsp3) is 0.417. The Morgan fingerprint density at radius 3 is 2.17 bits per heavy atom.